The highest BCUT2D eigenvalue weighted by molar-refractivity contribution is 7.89. The van der Waals surface area contributed by atoms with Crippen LogP contribution in [0.3, 0.4) is 0 Å². The molecule has 1 aliphatic heterocycles. The molecule has 1 saturated heterocycles. The Kier molecular flexibility index (Phi) is 5.85. The fourth-order valence-electron chi connectivity index (χ4n) is 2.75. The molecule has 0 spiro atoms. The number of hydrogen-bond acceptors (Lipinski definition) is 7. The second kappa shape index (κ2) is 8.13. The third-order valence-electron chi connectivity index (χ3n) is 4.15. The quantitative estimate of drug-likeness (QED) is 0.701. The zero-order valence-corrected chi connectivity index (χ0v) is 16.0. The Morgan fingerprint density at radius 2 is 1.96 bits per heavy atom. The number of primary amides is 1. The number of thiophene rings is 1. The lowest BCUT2D eigenvalue weighted by Crippen LogP contribution is -2.50. The standard InChI is InChI=1S/C16H19N5O4S2/c17-15(23)13-3-9-26-16(13)19-14(22)11-20-5-7-21(8-6-20)27(24,25)12-2-1-4-18-10-12/h1-4,9-10H,5-8,11H2,(H2,17,23)(H,19,22). The molecule has 27 heavy (non-hydrogen) atoms. The van der Waals surface area contributed by atoms with E-state index in [2.05, 4.69) is 10.3 Å². The van der Waals surface area contributed by atoms with Crippen molar-refractivity contribution in [2.45, 2.75) is 4.90 Å². The number of sulfonamides is 1. The first-order valence-corrected chi connectivity index (χ1v) is 10.5. The average molecular weight is 409 g/mol. The van der Waals surface area contributed by atoms with E-state index in [1.165, 1.54) is 34.1 Å². The smallest absolute Gasteiger partial charge is 0.251 e. The summed E-state index contributed by atoms with van der Waals surface area (Å²) >= 11 is 1.22. The SMILES string of the molecule is NC(=O)c1ccsc1NC(=O)CN1CCN(S(=O)(=O)c2cccnc2)CC1. The van der Waals surface area contributed by atoms with Crippen LogP contribution in [-0.2, 0) is 14.8 Å². The number of hydrogen-bond donors (Lipinski definition) is 2. The largest absolute Gasteiger partial charge is 0.366 e. The predicted molar refractivity (Wildman–Crippen MR) is 101 cm³/mol. The van der Waals surface area contributed by atoms with Crippen LogP contribution in [0.15, 0.2) is 40.9 Å². The first kappa shape index (κ1) is 19.4. The molecule has 2 amide bonds. The second-order valence-corrected chi connectivity index (χ2v) is 8.80. The van der Waals surface area contributed by atoms with Crippen LogP contribution in [0.25, 0.3) is 0 Å². The summed E-state index contributed by atoms with van der Waals surface area (Å²) in [6.07, 6.45) is 2.85. The Morgan fingerprint density at radius 3 is 2.59 bits per heavy atom. The van der Waals surface area contributed by atoms with Crippen molar-refractivity contribution in [1.29, 1.82) is 0 Å². The maximum absolute atomic E-state index is 12.6. The number of aromatic nitrogens is 1. The second-order valence-electron chi connectivity index (χ2n) is 5.94. The van der Waals surface area contributed by atoms with E-state index in [9.17, 15) is 18.0 Å². The molecule has 2 aromatic heterocycles. The number of amides is 2. The van der Waals surface area contributed by atoms with E-state index in [0.717, 1.165) is 0 Å². The molecule has 3 rings (SSSR count). The van der Waals surface area contributed by atoms with Crippen LogP contribution in [0, 0.1) is 0 Å². The third-order valence-corrected chi connectivity index (χ3v) is 6.87. The molecule has 0 unspecified atom stereocenters. The van der Waals surface area contributed by atoms with Crippen LogP contribution in [0.1, 0.15) is 10.4 Å². The van der Waals surface area contributed by atoms with Gasteiger partial charge in [0, 0.05) is 38.6 Å². The van der Waals surface area contributed by atoms with Gasteiger partial charge in [-0.05, 0) is 23.6 Å². The lowest BCUT2D eigenvalue weighted by molar-refractivity contribution is -0.117. The summed E-state index contributed by atoms with van der Waals surface area (Å²) in [5.74, 6) is -0.871. The Hall–Kier alpha value is -2.34. The van der Waals surface area contributed by atoms with Gasteiger partial charge in [0.1, 0.15) is 9.90 Å². The van der Waals surface area contributed by atoms with Gasteiger partial charge in [-0.3, -0.25) is 19.5 Å². The van der Waals surface area contributed by atoms with Crippen molar-refractivity contribution in [1.82, 2.24) is 14.2 Å². The molecule has 0 saturated carbocycles. The molecular formula is C16H19N5O4S2. The first-order valence-electron chi connectivity index (χ1n) is 8.17. The molecule has 0 aromatic carbocycles. The van der Waals surface area contributed by atoms with Gasteiger partial charge in [-0.15, -0.1) is 11.3 Å². The van der Waals surface area contributed by atoms with Crippen molar-refractivity contribution in [2.24, 2.45) is 5.73 Å². The van der Waals surface area contributed by atoms with Gasteiger partial charge in [0.15, 0.2) is 0 Å². The summed E-state index contributed by atoms with van der Waals surface area (Å²) in [5, 5.41) is 4.78. The van der Waals surface area contributed by atoms with Gasteiger partial charge in [0.25, 0.3) is 5.91 Å². The average Bonchev–Trinajstić information content (AvgIpc) is 3.11. The summed E-state index contributed by atoms with van der Waals surface area (Å²) in [6.45, 7) is 1.54. The molecule has 0 radical (unpaired) electrons. The Bertz CT molecular complexity index is 921. The van der Waals surface area contributed by atoms with Gasteiger partial charge < -0.3 is 11.1 Å². The zero-order valence-electron chi connectivity index (χ0n) is 14.4. The van der Waals surface area contributed by atoms with E-state index in [-0.39, 0.29) is 36.0 Å². The number of rotatable bonds is 6. The Labute approximate surface area is 160 Å². The molecule has 0 bridgehead atoms. The molecule has 3 N–H and O–H groups in total. The molecule has 3 heterocycles. The van der Waals surface area contributed by atoms with Gasteiger partial charge in [-0.2, -0.15) is 4.31 Å². The van der Waals surface area contributed by atoms with Crippen molar-refractivity contribution >= 4 is 38.2 Å². The number of pyridine rings is 1. The molecule has 11 heteroatoms. The molecule has 2 aromatic rings. The lowest BCUT2D eigenvalue weighted by Gasteiger charge is -2.33. The van der Waals surface area contributed by atoms with Gasteiger partial charge in [0.2, 0.25) is 15.9 Å². The number of piperazine rings is 1. The zero-order chi connectivity index (χ0) is 19.4. The normalized spacial score (nSPS) is 16.1. The van der Waals surface area contributed by atoms with E-state index in [0.29, 0.717) is 18.1 Å². The highest BCUT2D eigenvalue weighted by Crippen LogP contribution is 2.22. The van der Waals surface area contributed by atoms with Gasteiger partial charge >= 0.3 is 0 Å². The number of nitrogens with one attached hydrogen (secondary N) is 1. The van der Waals surface area contributed by atoms with Crippen LogP contribution in [0.2, 0.25) is 0 Å². The van der Waals surface area contributed by atoms with Gasteiger partial charge in [0.05, 0.1) is 12.1 Å². The van der Waals surface area contributed by atoms with Crippen molar-refractivity contribution in [2.75, 3.05) is 38.0 Å². The van der Waals surface area contributed by atoms with Crippen LogP contribution in [-0.4, -0.2) is 67.1 Å². The summed E-state index contributed by atoms with van der Waals surface area (Å²) in [5.41, 5.74) is 5.54. The van der Waals surface area contributed by atoms with Crippen molar-refractivity contribution in [3.8, 4) is 0 Å². The van der Waals surface area contributed by atoms with E-state index in [1.54, 1.807) is 17.5 Å². The fraction of sp³-hybridized carbons (Fsp3) is 0.312. The van der Waals surface area contributed by atoms with Gasteiger partial charge in [-0.25, -0.2) is 8.42 Å². The summed E-state index contributed by atoms with van der Waals surface area (Å²) in [6, 6.07) is 4.66. The van der Waals surface area contributed by atoms with Gasteiger partial charge in [-0.1, -0.05) is 0 Å². The molecule has 1 fully saturated rings. The minimum Gasteiger partial charge on any atom is -0.366 e. The fourth-order valence-corrected chi connectivity index (χ4v) is 4.94. The molecule has 9 nitrogen and oxygen atoms in total. The molecule has 1 aliphatic rings. The predicted octanol–water partition coefficient (Wildman–Crippen LogP) is 0.187. The first-order chi connectivity index (χ1) is 12.9. The molecule has 0 aliphatic carbocycles. The van der Waals surface area contributed by atoms with Crippen molar-refractivity contribution in [3.63, 3.8) is 0 Å². The number of anilines is 1. The molecule has 0 atom stereocenters. The number of carbonyl (C=O) groups excluding carboxylic acids is 2. The van der Waals surface area contributed by atoms with Crippen LogP contribution < -0.4 is 11.1 Å². The molecular weight excluding hydrogens is 390 g/mol. The monoisotopic (exact) mass is 409 g/mol. The summed E-state index contributed by atoms with van der Waals surface area (Å²) in [7, 11) is -3.58. The highest BCUT2D eigenvalue weighted by Gasteiger charge is 2.29. The highest BCUT2D eigenvalue weighted by atomic mass is 32.2. The minimum absolute atomic E-state index is 0.108. The van der Waals surface area contributed by atoms with E-state index >= 15 is 0 Å². The number of nitrogens with zero attached hydrogens (tertiary/aromatic N) is 3. The maximum Gasteiger partial charge on any atom is 0.251 e. The topological polar surface area (TPSA) is 126 Å². The summed E-state index contributed by atoms with van der Waals surface area (Å²) < 4.78 is 26.5. The van der Waals surface area contributed by atoms with Crippen LogP contribution in [0.5, 0.6) is 0 Å². The third kappa shape index (κ3) is 4.50. The van der Waals surface area contributed by atoms with Crippen molar-refractivity contribution < 1.29 is 18.0 Å². The Balaban J connectivity index is 1.54. The number of nitrogens with two attached hydrogens (primary N) is 1. The maximum atomic E-state index is 12.6. The number of carbonyl (C=O) groups is 2. The minimum atomic E-state index is -3.58. The molecule has 144 valence electrons. The van der Waals surface area contributed by atoms with E-state index < -0.39 is 15.9 Å². The van der Waals surface area contributed by atoms with E-state index in [4.69, 9.17) is 5.73 Å². The summed E-state index contributed by atoms with van der Waals surface area (Å²) in [4.78, 5) is 29.4. The lowest BCUT2D eigenvalue weighted by atomic mass is 10.3. The van der Waals surface area contributed by atoms with E-state index in [1.807, 2.05) is 4.90 Å². The van der Waals surface area contributed by atoms with Crippen molar-refractivity contribution in [3.05, 3.63) is 41.5 Å². The van der Waals surface area contributed by atoms with Crippen LogP contribution >= 0.6 is 11.3 Å². The Morgan fingerprint density at radius 1 is 1.22 bits per heavy atom. The van der Waals surface area contributed by atoms with Crippen LogP contribution in [0.4, 0.5) is 5.00 Å².